The van der Waals surface area contributed by atoms with E-state index in [1.54, 1.807) is 6.20 Å². The number of carbonyl (C=O) groups is 2. The Balaban J connectivity index is 2.11. The summed E-state index contributed by atoms with van der Waals surface area (Å²) in [6.07, 6.45) is 2.51. The van der Waals surface area contributed by atoms with Gasteiger partial charge < -0.3 is 5.32 Å². The number of carbonyl (C=O) groups excluding carboxylic acids is 2. The first-order chi connectivity index (χ1) is 9.41. The average Bonchev–Trinajstić information content (AvgIpc) is 2.34. The quantitative estimate of drug-likeness (QED) is 0.856. The van der Waals surface area contributed by atoms with Crippen molar-refractivity contribution in [2.45, 2.75) is 40.2 Å². The second kappa shape index (κ2) is 5.61. The first-order valence-corrected chi connectivity index (χ1v) is 6.93. The number of piperidine rings is 1. The highest BCUT2D eigenvalue weighted by Gasteiger charge is 2.37. The Morgan fingerprint density at radius 3 is 2.55 bits per heavy atom. The molecular formula is C15H21N3O2. The number of likely N-dealkylation sites (tertiary alicyclic amines) is 1. The van der Waals surface area contributed by atoms with Gasteiger partial charge in [-0.2, -0.15) is 0 Å². The van der Waals surface area contributed by atoms with Crippen LogP contribution in [0.4, 0.5) is 5.69 Å². The van der Waals surface area contributed by atoms with Gasteiger partial charge in [0, 0.05) is 31.3 Å². The smallest absolute Gasteiger partial charge is 0.230 e. The summed E-state index contributed by atoms with van der Waals surface area (Å²) in [6, 6.07) is 3.75. The van der Waals surface area contributed by atoms with Gasteiger partial charge in [0.2, 0.25) is 11.8 Å². The van der Waals surface area contributed by atoms with E-state index in [1.807, 2.05) is 32.9 Å². The molecule has 0 saturated carbocycles. The van der Waals surface area contributed by atoms with Gasteiger partial charge in [0.25, 0.3) is 0 Å². The number of rotatable bonds is 4. The van der Waals surface area contributed by atoms with Crippen LogP contribution < -0.4 is 5.32 Å². The number of amides is 2. The van der Waals surface area contributed by atoms with Gasteiger partial charge in [-0.1, -0.05) is 13.8 Å². The Labute approximate surface area is 119 Å². The minimum atomic E-state index is -0.232. The zero-order valence-corrected chi connectivity index (χ0v) is 12.3. The van der Waals surface area contributed by atoms with Crippen LogP contribution in [0.1, 0.15) is 39.3 Å². The highest BCUT2D eigenvalue weighted by molar-refractivity contribution is 5.98. The van der Waals surface area contributed by atoms with Gasteiger partial charge in [-0.15, -0.1) is 0 Å². The predicted molar refractivity (Wildman–Crippen MR) is 77.0 cm³/mol. The molecule has 1 fully saturated rings. The fourth-order valence-electron chi connectivity index (χ4n) is 2.43. The molecule has 20 heavy (non-hydrogen) atoms. The van der Waals surface area contributed by atoms with Gasteiger partial charge in [0.15, 0.2) is 0 Å². The molecule has 0 bridgehead atoms. The van der Waals surface area contributed by atoms with Crippen LogP contribution in [0.3, 0.4) is 0 Å². The number of nitrogens with one attached hydrogen (secondary N) is 1. The summed E-state index contributed by atoms with van der Waals surface area (Å²) >= 11 is 0. The van der Waals surface area contributed by atoms with Gasteiger partial charge in [0.1, 0.15) is 0 Å². The Hall–Kier alpha value is -1.91. The molecule has 1 aliphatic heterocycles. The SMILES string of the molecule is CCNc1ccnc(CN2C(=O)CC(C)(C)CC2=O)c1. The van der Waals surface area contributed by atoms with Crippen molar-refractivity contribution in [3.05, 3.63) is 24.0 Å². The number of anilines is 1. The molecule has 1 aliphatic rings. The van der Waals surface area contributed by atoms with E-state index < -0.39 is 0 Å². The van der Waals surface area contributed by atoms with Crippen LogP contribution in [0.2, 0.25) is 0 Å². The average molecular weight is 275 g/mol. The Morgan fingerprint density at radius 2 is 1.95 bits per heavy atom. The molecule has 108 valence electrons. The van der Waals surface area contributed by atoms with Crippen LogP contribution in [0.5, 0.6) is 0 Å². The summed E-state index contributed by atoms with van der Waals surface area (Å²) in [5, 5.41) is 3.19. The van der Waals surface area contributed by atoms with Gasteiger partial charge in [-0.05, 0) is 24.5 Å². The lowest BCUT2D eigenvalue weighted by molar-refractivity contribution is -0.153. The standard InChI is InChI=1S/C15H21N3O2/c1-4-16-11-5-6-17-12(7-11)10-18-13(19)8-15(2,3)9-14(18)20/h5-7H,4,8-10H2,1-3H3,(H,16,17). The molecule has 0 aliphatic carbocycles. The molecule has 2 rings (SSSR count). The fraction of sp³-hybridized carbons (Fsp3) is 0.533. The van der Waals surface area contributed by atoms with Crippen LogP contribution >= 0.6 is 0 Å². The summed E-state index contributed by atoms with van der Waals surface area (Å²) in [5.41, 5.74) is 1.45. The minimum absolute atomic E-state index is 0.109. The van der Waals surface area contributed by atoms with Crippen molar-refractivity contribution in [2.24, 2.45) is 5.41 Å². The monoisotopic (exact) mass is 275 g/mol. The zero-order valence-electron chi connectivity index (χ0n) is 12.3. The van der Waals surface area contributed by atoms with E-state index in [0.29, 0.717) is 12.8 Å². The summed E-state index contributed by atoms with van der Waals surface area (Å²) in [5.74, 6) is -0.219. The second-order valence-corrected chi connectivity index (χ2v) is 5.96. The van der Waals surface area contributed by atoms with E-state index in [-0.39, 0.29) is 23.8 Å². The van der Waals surface area contributed by atoms with Gasteiger partial charge >= 0.3 is 0 Å². The Bertz CT molecular complexity index is 506. The van der Waals surface area contributed by atoms with E-state index in [4.69, 9.17) is 0 Å². The molecule has 2 heterocycles. The predicted octanol–water partition coefficient (Wildman–Crippen LogP) is 2.19. The van der Waals surface area contributed by atoms with Crippen LogP contribution in [0.15, 0.2) is 18.3 Å². The van der Waals surface area contributed by atoms with Crippen LogP contribution in [-0.4, -0.2) is 28.2 Å². The lowest BCUT2D eigenvalue weighted by Crippen LogP contribution is -2.45. The van der Waals surface area contributed by atoms with Crippen molar-refractivity contribution >= 4 is 17.5 Å². The summed E-state index contributed by atoms with van der Waals surface area (Å²) in [7, 11) is 0. The molecule has 1 saturated heterocycles. The molecule has 0 unspecified atom stereocenters. The molecule has 5 nitrogen and oxygen atoms in total. The third kappa shape index (κ3) is 3.35. The van der Waals surface area contributed by atoms with E-state index in [1.165, 1.54) is 4.90 Å². The van der Waals surface area contributed by atoms with E-state index in [2.05, 4.69) is 10.3 Å². The second-order valence-electron chi connectivity index (χ2n) is 5.96. The van der Waals surface area contributed by atoms with Crippen molar-refractivity contribution in [2.75, 3.05) is 11.9 Å². The van der Waals surface area contributed by atoms with Crippen molar-refractivity contribution in [1.82, 2.24) is 9.88 Å². The molecule has 1 aromatic heterocycles. The lowest BCUT2D eigenvalue weighted by atomic mass is 9.82. The van der Waals surface area contributed by atoms with Crippen LogP contribution in [-0.2, 0) is 16.1 Å². The summed E-state index contributed by atoms with van der Waals surface area (Å²) < 4.78 is 0. The van der Waals surface area contributed by atoms with Crippen molar-refractivity contribution < 1.29 is 9.59 Å². The number of imide groups is 1. The lowest BCUT2D eigenvalue weighted by Gasteiger charge is -2.34. The molecule has 0 radical (unpaired) electrons. The zero-order chi connectivity index (χ0) is 14.8. The van der Waals surface area contributed by atoms with E-state index in [0.717, 1.165) is 17.9 Å². The maximum absolute atomic E-state index is 12.1. The van der Waals surface area contributed by atoms with E-state index in [9.17, 15) is 9.59 Å². The first-order valence-electron chi connectivity index (χ1n) is 6.93. The van der Waals surface area contributed by atoms with Crippen molar-refractivity contribution in [1.29, 1.82) is 0 Å². The molecule has 5 heteroatoms. The first kappa shape index (κ1) is 14.5. The Morgan fingerprint density at radius 1 is 1.30 bits per heavy atom. The van der Waals surface area contributed by atoms with E-state index >= 15 is 0 Å². The van der Waals surface area contributed by atoms with Gasteiger partial charge in [0.05, 0.1) is 12.2 Å². The molecular weight excluding hydrogens is 254 g/mol. The highest BCUT2D eigenvalue weighted by Crippen LogP contribution is 2.32. The summed E-state index contributed by atoms with van der Waals surface area (Å²) in [4.78, 5) is 29.8. The highest BCUT2D eigenvalue weighted by atomic mass is 16.2. The number of hydrogen-bond acceptors (Lipinski definition) is 4. The van der Waals surface area contributed by atoms with Crippen LogP contribution in [0.25, 0.3) is 0 Å². The topological polar surface area (TPSA) is 62.3 Å². The van der Waals surface area contributed by atoms with Crippen molar-refractivity contribution in [3.63, 3.8) is 0 Å². The number of hydrogen-bond donors (Lipinski definition) is 1. The number of aromatic nitrogens is 1. The maximum atomic E-state index is 12.1. The third-order valence-corrected chi connectivity index (χ3v) is 3.38. The van der Waals surface area contributed by atoms with Crippen LogP contribution in [0, 0.1) is 5.41 Å². The fourth-order valence-corrected chi connectivity index (χ4v) is 2.43. The minimum Gasteiger partial charge on any atom is -0.385 e. The van der Waals surface area contributed by atoms with Crippen molar-refractivity contribution in [3.8, 4) is 0 Å². The Kier molecular flexibility index (Phi) is 4.06. The summed E-state index contributed by atoms with van der Waals surface area (Å²) in [6.45, 7) is 6.99. The molecule has 1 N–H and O–H groups in total. The normalized spacial score (nSPS) is 18.2. The van der Waals surface area contributed by atoms with Gasteiger partial charge in [-0.3, -0.25) is 19.5 Å². The molecule has 0 aromatic carbocycles. The van der Waals surface area contributed by atoms with Gasteiger partial charge in [-0.25, -0.2) is 0 Å². The molecule has 0 spiro atoms. The molecule has 1 aromatic rings. The largest absolute Gasteiger partial charge is 0.385 e. The third-order valence-electron chi connectivity index (χ3n) is 3.38. The maximum Gasteiger partial charge on any atom is 0.230 e. The number of pyridine rings is 1. The molecule has 0 atom stereocenters. The number of nitrogens with zero attached hydrogens (tertiary/aromatic N) is 2. The molecule has 2 amide bonds.